The van der Waals surface area contributed by atoms with Crippen LogP contribution in [-0.4, -0.2) is 43.7 Å². The topological polar surface area (TPSA) is 38.8 Å². The second-order valence-corrected chi connectivity index (χ2v) is 8.76. The molecule has 2 fully saturated rings. The molecule has 0 N–H and O–H groups in total. The van der Waals surface area contributed by atoms with Crippen molar-refractivity contribution >= 4 is 21.9 Å². The van der Waals surface area contributed by atoms with E-state index in [0.29, 0.717) is 18.6 Å². The molecule has 0 amide bonds. The van der Waals surface area contributed by atoms with E-state index in [9.17, 15) is 4.79 Å². The van der Waals surface area contributed by atoms with Crippen molar-refractivity contribution in [1.29, 1.82) is 0 Å². The average Bonchev–Trinajstić information content (AvgIpc) is 2.58. The summed E-state index contributed by atoms with van der Waals surface area (Å²) in [4.78, 5) is 13.8. The number of esters is 1. The van der Waals surface area contributed by atoms with Crippen LogP contribution in [0.3, 0.4) is 0 Å². The first-order valence-electron chi connectivity index (χ1n) is 9.77. The van der Waals surface area contributed by atoms with Crippen LogP contribution in [0, 0.1) is 18.3 Å². The zero-order chi connectivity index (χ0) is 18.6. The first-order chi connectivity index (χ1) is 12.5. The summed E-state index contributed by atoms with van der Waals surface area (Å²) in [5.41, 5.74) is 1.74. The third-order valence-electron chi connectivity index (χ3n) is 5.94. The summed E-state index contributed by atoms with van der Waals surface area (Å²) in [6.07, 6.45) is 6.22. The Morgan fingerprint density at radius 3 is 2.69 bits per heavy atom. The van der Waals surface area contributed by atoms with Crippen molar-refractivity contribution in [3.63, 3.8) is 0 Å². The number of halogens is 1. The van der Waals surface area contributed by atoms with Crippen molar-refractivity contribution < 1.29 is 14.3 Å². The number of carbonyl (C=O) groups is 1. The highest BCUT2D eigenvalue weighted by molar-refractivity contribution is 9.10. The van der Waals surface area contributed by atoms with Gasteiger partial charge in [-0.1, -0.05) is 15.9 Å². The number of benzene rings is 1. The Balaban J connectivity index is 1.33. The van der Waals surface area contributed by atoms with Crippen molar-refractivity contribution in [2.45, 2.75) is 46.0 Å². The Bertz CT molecular complexity index is 618. The Morgan fingerprint density at radius 1 is 1.31 bits per heavy atom. The first-order valence-corrected chi connectivity index (χ1v) is 10.6. The summed E-state index contributed by atoms with van der Waals surface area (Å²) >= 11 is 3.52. The van der Waals surface area contributed by atoms with Crippen molar-refractivity contribution in [3.05, 3.63) is 28.2 Å². The van der Waals surface area contributed by atoms with Crippen LogP contribution < -0.4 is 4.74 Å². The molecule has 1 aromatic rings. The maximum absolute atomic E-state index is 11.6. The fourth-order valence-corrected chi connectivity index (χ4v) is 4.65. The van der Waals surface area contributed by atoms with E-state index in [2.05, 4.69) is 33.8 Å². The average molecular weight is 424 g/mol. The number of piperidine rings is 1. The van der Waals surface area contributed by atoms with Gasteiger partial charge < -0.3 is 9.47 Å². The third kappa shape index (κ3) is 5.01. The molecule has 26 heavy (non-hydrogen) atoms. The van der Waals surface area contributed by atoms with Crippen molar-refractivity contribution in [3.8, 4) is 5.75 Å². The molecule has 1 spiro atoms. The van der Waals surface area contributed by atoms with E-state index in [-0.39, 0.29) is 5.97 Å². The molecule has 0 radical (unpaired) electrons. The molecule has 1 aliphatic carbocycles. The second kappa shape index (κ2) is 8.75. The molecule has 0 aromatic heterocycles. The number of hydrogen-bond acceptors (Lipinski definition) is 4. The molecular formula is C21H30BrNO3. The van der Waals surface area contributed by atoms with E-state index in [1.54, 1.807) is 0 Å². The van der Waals surface area contributed by atoms with Crippen LogP contribution >= 0.6 is 15.9 Å². The Kier molecular flexibility index (Phi) is 6.62. The van der Waals surface area contributed by atoms with Crippen LogP contribution in [0.15, 0.2) is 22.7 Å². The molecule has 1 aliphatic heterocycles. The monoisotopic (exact) mass is 423 g/mol. The summed E-state index contributed by atoms with van der Waals surface area (Å²) < 4.78 is 12.1. The maximum atomic E-state index is 11.6. The van der Waals surface area contributed by atoms with Gasteiger partial charge in [-0.15, -0.1) is 0 Å². The van der Waals surface area contributed by atoms with Gasteiger partial charge in [0, 0.05) is 4.47 Å². The minimum Gasteiger partial charge on any atom is -0.494 e. The molecule has 144 valence electrons. The normalized spacial score (nSPS) is 20.0. The number of ether oxygens (including phenoxy) is 2. The lowest BCUT2D eigenvalue weighted by Gasteiger charge is -2.52. The molecule has 0 bridgehead atoms. The van der Waals surface area contributed by atoms with Gasteiger partial charge in [0.25, 0.3) is 0 Å². The van der Waals surface area contributed by atoms with Crippen molar-refractivity contribution in [2.24, 2.45) is 11.3 Å². The lowest BCUT2D eigenvalue weighted by molar-refractivity contribution is -0.145. The lowest BCUT2D eigenvalue weighted by Crippen LogP contribution is -2.48. The highest BCUT2D eigenvalue weighted by Crippen LogP contribution is 2.53. The maximum Gasteiger partial charge on any atom is 0.320 e. The van der Waals surface area contributed by atoms with E-state index in [4.69, 9.17) is 9.47 Å². The van der Waals surface area contributed by atoms with Crippen molar-refractivity contribution in [1.82, 2.24) is 4.90 Å². The largest absolute Gasteiger partial charge is 0.494 e. The summed E-state index contributed by atoms with van der Waals surface area (Å²) in [5, 5.41) is 0. The first kappa shape index (κ1) is 19.7. The fourth-order valence-electron chi connectivity index (χ4n) is 4.40. The number of carbonyl (C=O) groups excluding carboxylic acids is 1. The standard InChI is InChI=1S/C21H30BrNO3/c1-3-25-20(24)15-23-9-7-21(8-10-23)13-17(14-21)6-11-26-18-4-5-19(22)16(2)12-18/h4-5,12,17H,3,6-11,13-15H2,1-2H3. The van der Waals surface area contributed by atoms with Crippen LogP contribution in [0.4, 0.5) is 0 Å². The summed E-state index contributed by atoms with van der Waals surface area (Å²) in [6, 6.07) is 6.16. The van der Waals surface area contributed by atoms with E-state index >= 15 is 0 Å². The molecule has 3 rings (SSSR count). The Morgan fingerprint density at radius 2 is 2.04 bits per heavy atom. The van der Waals surface area contributed by atoms with Crippen LogP contribution in [0.2, 0.25) is 0 Å². The summed E-state index contributed by atoms with van der Waals surface area (Å²) in [7, 11) is 0. The SMILES string of the molecule is CCOC(=O)CN1CCC2(CC1)CC(CCOc1ccc(Br)c(C)c1)C2. The molecule has 1 saturated carbocycles. The molecule has 2 aliphatic rings. The van der Waals surface area contributed by atoms with Gasteiger partial charge in [0.2, 0.25) is 0 Å². The third-order valence-corrected chi connectivity index (χ3v) is 6.83. The van der Waals surface area contributed by atoms with E-state index in [1.807, 2.05) is 19.1 Å². The number of hydrogen-bond donors (Lipinski definition) is 0. The van der Waals surface area contributed by atoms with Crippen LogP contribution in [-0.2, 0) is 9.53 Å². The van der Waals surface area contributed by atoms with Gasteiger partial charge in [-0.2, -0.15) is 0 Å². The Hall–Kier alpha value is -1.07. The van der Waals surface area contributed by atoms with Gasteiger partial charge in [-0.3, -0.25) is 9.69 Å². The zero-order valence-electron chi connectivity index (χ0n) is 15.9. The molecule has 0 atom stereocenters. The highest BCUT2D eigenvalue weighted by atomic mass is 79.9. The minimum atomic E-state index is -0.0877. The molecule has 4 nitrogen and oxygen atoms in total. The fraction of sp³-hybridized carbons (Fsp3) is 0.667. The summed E-state index contributed by atoms with van der Waals surface area (Å²) in [6.45, 7) is 7.73. The summed E-state index contributed by atoms with van der Waals surface area (Å²) in [5.74, 6) is 1.67. The molecule has 1 saturated heterocycles. The zero-order valence-corrected chi connectivity index (χ0v) is 17.5. The predicted molar refractivity (Wildman–Crippen MR) is 106 cm³/mol. The van der Waals surface area contributed by atoms with Gasteiger partial charge in [-0.05, 0) is 94.1 Å². The smallest absolute Gasteiger partial charge is 0.320 e. The number of aryl methyl sites for hydroxylation is 1. The Labute approximate surface area is 165 Å². The van der Waals surface area contributed by atoms with Crippen molar-refractivity contribution in [2.75, 3.05) is 32.8 Å². The molecule has 0 unspecified atom stereocenters. The van der Waals surface area contributed by atoms with Gasteiger partial charge in [0.15, 0.2) is 0 Å². The molecule has 5 heteroatoms. The van der Waals surface area contributed by atoms with E-state index < -0.39 is 0 Å². The van der Waals surface area contributed by atoms with Crippen LogP contribution in [0.25, 0.3) is 0 Å². The molecule has 1 aromatic carbocycles. The number of nitrogens with zero attached hydrogens (tertiary/aromatic N) is 1. The quantitative estimate of drug-likeness (QED) is 0.601. The molecular weight excluding hydrogens is 394 g/mol. The van der Waals surface area contributed by atoms with Crippen LogP contribution in [0.1, 0.15) is 44.6 Å². The molecule has 1 heterocycles. The van der Waals surface area contributed by atoms with E-state index in [0.717, 1.165) is 42.3 Å². The van der Waals surface area contributed by atoms with Gasteiger partial charge >= 0.3 is 5.97 Å². The number of likely N-dealkylation sites (tertiary alicyclic amines) is 1. The predicted octanol–water partition coefficient (Wildman–Crippen LogP) is 4.58. The van der Waals surface area contributed by atoms with Gasteiger partial charge in [-0.25, -0.2) is 0 Å². The second-order valence-electron chi connectivity index (χ2n) is 7.90. The van der Waals surface area contributed by atoms with Gasteiger partial charge in [0.1, 0.15) is 5.75 Å². The minimum absolute atomic E-state index is 0.0877. The van der Waals surface area contributed by atoms with Gasteiger partial charge in [0.05, 0.1) is 19.8 Å². The van der Waals surface area contributed by atoms with E-state index in [1.165, 1.54) is 31.2 Å². The van der Waals surface area contributed by atoms with Crippen LogP contribution in [0.5, 0.6) is 5.75 Å². The highest BCUT2D eigenvalue weighted by Gasteiger charge is 2.45. The number of rotatable bonds is 7. The lowest BCUT2D eigenvalue weighted by atomic mass is 9.57.